The lowest BCUT2D eigenvalue weighted by molar-refractivity contribution is -0.123. The summed E-state index contributed by atoms with van der Waals surface area (Å²) in [5, 5.41) is 4.46. The summed E-state index contributed by atoms with van der Waals surface area (Å²) in [6.45, 7) is -0.231. The van der Waals surface area contributed by atoms with E-state index in [1.807, 2.05) is 6.07 Å². The van der Waals surface area contributed by atoms with E-state index in [9.17, 15) is 9.59 Å². The van der Waals surface area contributed by atoms with E-state index < -0.39 is 11.9 Å². The molecule has 0 spiro atoms. The second kappa shape index (κ2) is 11.8. The Morgan fingerprint density at radius 3 is 2.55 bits per heavy atom. The molecule has 33 heavy (non-hydrogen) atoms. The van der Waals surface area contributed by atoms with E-state index in [4.69, 9.17) is 25.8 Å². The number of hydrogen-bond donors (Lipinski definition) is 1. The average Bonchev–Trinajstić information content (AvgIpc) is 2.79. The number of halogens is 3. The number of rotatable bonds is 8. The molecule has 0 aliphatic rings. The Morgan fingerprint density at radius 1 is 1.03 bits per heavy atom. The van der Waals surface area contributed by atoms with Gasteiger partial charge >= 0.3 is 5.97 Å². The molecule has 0 unspecified atom stereocenters. The number of ether oxygens (including phenoxy) is 3. The standard InChI is InChI=1S/C23H17Br2ClN2O5/c1-31-21-9-14(5-7-20(21)33-23(30)15-3-2-4-16(24)10-15)12-27-28-22(29)13-32-19-8-6-17(26)11-18(19)25/h2-12H,13H2,1H3,(H,28,29)/b27-12+. The number of nitrogens with one attached hydrogen (secondary N) is 1. The SMILES string of the molecule is COc1cc(/C=N/NC(=O)COc2ccc(Cl)cc2Br)ccc1OC(=O)c1cccc(Br)c1. The van der Waals surface area contributed by atoms with Gasteiger partial charge in [0.25, 0.3) is 5.91 Å². The summed E-state index contributed by atoms with van der Waals surface area (Å²) in [5.41, 5.74) is 3.39. The van der Waals surface area contributed by atoms with Crippen molar-refractivity contribution in [2.45, 2.75) is 0 Å². The topological polar surface area (TPSA) is 86.2 Å². The van der Waals surface area contributed by atoms with Crippen LogP contribution in [0.4, 0.5) is 0 Å². The highest BCUT2D eigenvalue weighted by molar-refractivity contribution is 9.10. The van der Waals surface area contributed by atoms with Crippen LogP contribution in [-0.2, 0) is 4.79 Å². The highest BCUT2D eigenvalue weighted by atomic mass is 79.9. The molecule has 0 aliphatic carbocycles. The molecule has 0 fully saturated rings. The van der Waals surface area contributed by atoms with Crippen LogP contribution in [-0.4, -0.2) is 31.8 Å². The molecule has 3 aromatic rings. The molecule has 0 atom stereocenters. The van der Waals surface area contributed by atoms with Crippen molar-refractivity contribution < 1.29 is 23.8 Å². The van der Waals surface area contributed by atoms with Gasteiger partial charge in [-0.15, -0.1) is 0 Å². The van der Waals surface area contributed by atoms with Crippen molar-refractivity contribution in [3.05, 3.63) is 85.8 Å². The van der Waals surface area contributed by atoms with Crippen LogP contribution < -0.4 is 19.6 Å². The minimum atomic E-state index is -0.518. The maximum atomic E-state index is 12.4. The molecule has 0 saturated heterocycles. The molecule has 1 amide bonds. The van der Waals surface area contributed by atoms with E-state index in [-0.39, 0.29) is 12.4 Å². The summed E-state index contributed by atoms with van der Waals surface area (Å²) >= 11 is 12.5. The number of nitrogens with zero attached hydrogens (tertiary/aromatic N) is 1. The number of carbonyl (C=O) groups is 2. The van der Waals surface area contributed by atoms with Crippen molar-refractivity contribution in [3.63, 3.8) is 0 Å². The first kappa shape index (κ1) is 24.8. The number of hydrazone groups is 1. The number of esters is 1. The van der Waals surface area contributed by atoms with Crippen molar-refractivity contribution in [2.75, 3.05) is 13.7 Å². The number of benzene rings is 3. The monoisotopic (exact) mass is 594 g/mol. The third-order valence-electron chi connectivity index (χ3n) is 4.11. The molecule has 0 saturated carbocycles. The van der Waals surface area contributed by atoms with Crippen LogP contribution in [0.5, 0.6) is 17.2 Å². The van der Waals surface area contributed by atoms with Gasteiger partial charge in [0.2, 0.25) is 0 Å². The average molecular weight is 597 g/mol. The van der Waals surface area contributed by atoms with Crippen LogP contribution in [0.1, 0.15) is 15.9 Å². The maximum absolute atomic E-state index is 12.4. The second-order valence-electron chi connectivity index (χ2n) is 6.47. The summed E-state index contributed by atoms with van der Waals surface area (Å²) in [6, 6.07) is 16.7. The summed E-state index contributed by atoms with van der Waals surface area (Å²) in [4.78, 5) is 24.3. The molecule has 170 valence electrons. The van der Waals surface area contributed by atoms with Crippen molar-refractivity contribution in [1.82, 2.24) is 5.43 Å². The Hall–Kier alpha value is -2.88. The van der Waals surface area contributed by atoms with Crippen molar-refractivity contribution >= 4 is 61.6 Å². The minimum absolute atomic E-state index is 0.231. The van der Waals surface area contributed by atoms with Gasteiger partial charge in [-0.1, -0.05) is 33.6 Å². The van der Waals surface area contributed by atoms with Gasteiger partial charge in [0.1, 0.15) is 5.75 Å². The first-order chi connectivity index (χ1) is 15.9. The summed E-state index contributed by atoms with van der Waals surface area (Å²) in [5.74, 6) is 0.113. The third kappa shape index (κ3) is 7.31. The molecular weight excluding hydrogens is 580 g/mol. The molecule has 3 aromatic carbocycles. The summed E-state index contributed by atoms with van der Waals surface area (Å²) in [7, 11) is 1.46. The zero-order chi connectivity index (χ0) is 23.8. The zero-order valence-corrected chi connectivity index (χ0v) is 21.1. The molecule has 0 heterocycles. The molecule has 0 aliphatic heterocycles. The van der Waals surface area contributed by atoms with Gasteiger partial charge in [0.05, 0.1) is 23.4 Å². The molecule has 0 aromatic heterocycles. The number of methoxy groups -OCH3 is 1. The lowest BCUT2D eigenvalue weighted by Gasteiger charge is -2.10. The van der Waals surface area contributed by atoms with Gasteiger partial charge < -0.3 is 14.2 Å². The predicted octanol–water partition coefficient (Wildman–Crippen LogP) is 5.62. The van der Waals surface area contributed by atoms with Gasteiger partial charge in [0.15, 0.2) is 18.1 Å². The summed E-state index contributed by atoms with van der Waals surface area (Å²) < 4.78 is 17.6. The predicted molar refractivity (Wildman–Crippen MR) is 132 cm³/mol. The molecule has 0 bridgehead atoms. The lowest BCUT2D eigenvalue weighted by Crippen LogP contribution is -2.24. The Morgan fingerprint density at radius 2 is 1.82 bits per heavy atom. The summed E-state index contributed by atoms with van der Waals surface area (Å²) in [6.07, 6.45) is 1.43. The molecular formula is C23H17Br2ClN2O5. The maximum Gasteiger partial charge on any atom is 0.343 e. The largest absolute Gasteiger partial charge is 0.493 e. The van der Waals surface area contributed by atoms with E-state index in [1.165, 1.54) is 13.3 Å². The Balaban J connectivity index is 1.57. The van der Waals surface area contributed by atoms with Gasteiger partial charge in [-0.05, 0) is 76.1 Å². The molecule has 0 radical (unpaired) electrons. The van der Waals surface area contributed by atoms with Crippen LogP contribution in [0.3, 0.4) is 0 Å². The van der Waals surface area contributed by atoms with Crippen LogP contribution in [0.25, 0.3) is 0 Å². The van der Waals surface area contributed by atoms with Crippen molar-refractivity contribution in [1.29, 1.82) is 0 Å². The van der Waals surface area contributed by atoms with Crippen LogP contribution in [0.2, 0.25) is 5.02 Å². The fraction of sp³-hybridized carbons (Fsp3) is 0.0870. The molecule has 3 rings (SSSR count). The first-order valence-electron chi connectivity index (χ1n) is 9.41. The number of hydrogen-bond acceptors (Lipinski definition) is 6. The molecule has 1 N–H and O–H groups in total. The van der Waals surface area contributed by atoms with E-state index in [0.29, 0.717) is 32.1 Å². The smallest absolute Gasteiger partial charge is 0.343 e. The van der Waals surface area contributed by atoms with E-state index >= 15 is 0 Å². The normalized spacial score (nSPS) is 10.7. The Labute approximate surface area is 211 Å². The van der Waals surface area contributed by atoms with Gasteiger partial charge in [-0.25, -0.2) is 10.2 Å². The molecule has 7 nitrogen and oxygen atoms in total. The van der Waals surface area contributed by atoms with Gasteiger partial charge in [0, 0.05) is 9.50 Å². The lowest BCUT2D eigenvalue weighted by atomic mass is 10.2. The first-order valence-corrected chi connectivity index (χ1v) is 11.4. The molecule has 10 heteroatoms. The van der Waals surface area contributed by atoms with Gasteiger partial charge in [-0.3, -0.25) is 4.79 Å². The zero-order valence-electron chi connectivity index (χ0n) is 17.2. The van der Waals surface area contributed by atoms with Crippen LogP contribution >= 0.6 is 43.5 Å². The third-order valence-corrected chi connectivity index (χ3v) is 5.45. The second-order valence-corrected chi connectivity index (χ2v) is 8.67. The van der Waals surface area contributed by atoms with Crippen LogP contribution in [0, 0.1) is 0 Å². The highest BCUT2D eigenvalue weighted by Crippen LogP contribution is 2.29. The van der Waals surface area contributed by atoms with E-state index in [1.54, 1.807) is 54.6 Å². The van der Waals surface area contributed by atoms with E-state index in [2.05, 4.69) is 42.4 Å². The van der Waals surface area contributed by atoms with Crippen molar-refractivity contribution in [3.8, 4) is 17.2 Å². The number of amides is 1. The van der Waals surface area contributed by atoms with Crippen molar-refractivity contribution in [2.24, 2.45) is 5.10 Å². The fourth-order valence-corrected chi connectivity index (χ4v) is 3.77. The minimum Gasteiger partial charge on any atom is -0.493 e. The van der Waals surface area contributed by atoms with Crippen LogP contribution in [0.15, 0.2) is 74.7 Å². The quantitative estimate of drug-likeness (QED) is 0.158. The van der Waals surface area contributed by atoms with Gasteiger partial charge in [-0.2, -0.15) is 5.10 Å². The Bertz CT molecular complexity index is 1200. The fourth-order valence-electron chi connectivity index (χ4n) is 2.57. The Kier molecular flexibility index (Phi) is 8.87. The van der Waals surface area contributed by atoms with E-state index in [0.717, 1.165) is 4.47 Å². The number of carbonyl (C=O) groups excluding carboxylic acids is 2. The highest BCUT2D eigenvalue weighted by Gasteiger charge is 2.13.